The fourth-order valence-corrected chi connectivity index (χ4v) is 3.21. The number of fused-ring (bicyclic) bond motifs is 1. The largest absolute Gasteiger partial charge is 0.480 e. The minimum Gasteiger partial charge on any atom is -0.480 e. The monoisotopic (exact) mass is 334 g/mol. The number of hydrogen-bond donors (Lipinski definition) is 1. The number of benzene rings is 1. The van der Waals surface area contributed by atoms with Crippen molar-refractivity contribution in [2.75, 3.05) is 7.05 Å². The van der Waals surface area contributed by atoms with Gasteiger partial charge in [0.2, 0.25) is 5.91 Å². The predicted molar refractivity (Wildman–Crippen MR) is 91.7 cm³/mol. The first-order valence-corrected chi connectivity index (χ1v) is 8.48. The number of aryl methyl sites for hydroxylation is 1. The van der Waals surface area contributed by atoms with E-state index in [9.17, 15) is 9.59 Å². The predicted octanol–water partition coefficient (Wildman–Crippen LogP) is 3.33. The Labute approximate surface area is 139 Å². The zero-order valence-electron chi connectivity index (χ0n) is 13.7. The maximum Gasteiger partial charge on any atom is 0.329 e. The molecule has 124 valence electrons. The summed E-state index contributed by atoms with van der Waals surface area (Å²) in [5, 5.41) is 10.2. The summed E-state index contributed by atoms with van der Waals surface area (Å²) >= 11 is 1.69. The van der Waals surface area contributed by atoms with E-state index < -0.39 is 11.5 Å². The molecule has 0 bridgehead atoms. The van der Waals surface area contributed by atoms with E-state index in [0.29, 0.717) is 6.42 Å². The number of carboxylic acids is 1. The van der Waals surface area contributed by atoms with Crippen LogP contribution in [0, 0.1) is 0 Å². The Bertz CT molecular complexity index is 676. The third-order valence-electron chi connectivity index (χ3n) is 4.11. The highest BCUT2D eigenvalue weighted by molar-refractivity contribution is 7.18. The first kappa shape index (κ1) is 17.4. The number of nitrogens with zero attached hydrogens (tertiary/aromatic N) is 2. The van der Waals surface area contributed by atoms with Gasteiger partial charge in [0.1, 0.15) is 5.54 Å². The second-order valence-corrected chi connectivity index (χ2v) is 7.21. The van der Waals surface area contributed by atoms with Crippen molar-refractivity contribution in [3.63, 3.8) is 0 Å². The Morgan fingerprint density at radius 3 is 2.61 bits per heavy atom. The smallest absolute Gasteiger partial charge is 0.329 e. The van der Waals surface area contributed by atoms with E-state index in [1.165, 1.54) is 23.4 Å². The number of aliphatic carboxylic acids is 1. The third kappa shape index (κ3) is 4.07. The van der Waals surface area contributed by atoms with Crippen molar-refractivity contribution < 1.29 is 14.7 Å². The number of amides is 1. The molecule has 0 aliphatic carbocycles. The van der Waals surface area contributed by atoms with Gasteiger partial charge in [-0.3, -0.25) is 4.79 Å². The van der Waals surface area contributed by atoms with Gasteiger partial charge in [-0.25, -0.2) is 9.78 Å². The van der Waals surface area contributed by atoms with Crippen LogP contribution in [0.3, 0.4) is 0 Å². The van der Waals surface area contributed by atoms with E-state index in [1.807, 2.05) is 18.2 Å². The molecule has 6 heteroatoms. The molecule has 23 heavy (non-hydrogen) atoms. The van der Waals surface area contributed by atoms with E-state index in [1.54, 1.807) is 18.4 Å². The molecule has 1 amide bonds. The molecule has 5 nitrogen and oxygen atoms in total. The summed E-state index contributed by atoms with van der Waals surface area (Å²) in [4.78, 5) is 29.1. The molecule has 1 N–H and O–H groups in total. The van der Waals surface area contributed by atoms with Crippen LogP contribution < -0.4 is 0 Å². The van der Waals surface area contributed by atoms with Crippen LogP contribution in [0.2, 0.25) is 0 Å². The van der Waals surface area contributed by atoms with Crippen molar-refractivity contribution in [2.24, 2.45) is 0 Å². The zero-order chi connectivity index (χ0) is 17.0. The summed E-state index contributed by atoms with van der Waals surface area (Å²) in [6.45, 7) is 3.07. The molecule has 0 spiro atoms. The Morgan fingerprint density at radius 1 is 1.26 bits per heavy atom. The number of likely N-dealkylation sites (N-methyl/N-ethyl adjacent to an activating group) is 1. The summed E-state index contributed by atoms with van der Waals surface area (Å²) in [5.41, 5.74) is -0.157. The van der Waals surface area contributed by atoms with Gasteiger partial charge < -0.3 is 10.0 Å². The summed E-state index contributed by atoms with van der Waals surface area (Å²) in [7, 11) is 1.55. The Morgan fingerprint density at radius 2 is 1.96 bits per heavy atom. The van der Waals surface area contributed by atoms with Crippen LogP contribution in [0.5, 0.6) is 0 Å². The fraction of sp³-hybridized carbons (Fsp3) is 0.471. The van der Waals surface area contributed by atoms with Gasteiger partial charge in [0.25, 0.3) is 0 Å². The van der Waals surface area contributed by atoms with E-state index in [4.69, 9.17) is 5.11 Å². The van der Waals surface area contributed by atoms with Crippen molar-refractivity contribution in [3.05, 3.63) is 29.3 Å². The first-order valence-electron chi connectivity index (χ1n) is 7.67. The van der Waals surface area contributed by atoms with Crippen LogP contribution in [-0.2, 0) is 16.0 Å². The van der Waals surface area contributed by atoms with Gasteiger partial charge in [0.05, 0.1) is 15.2 Å². The van der Waals surface area contributed by atoms with Crippen molar-refractivity contribution in [1.29, 1.82) is 0 Å². The molecule has 0 fully saturated rings. The number of carbonyl (C=O) groups is 2. The van der Waals surface area contributed by atoms with Crippen LogP contribution >= 0.6 is 11.3 Å². The molecule has 0 unspecified atom stereocenters. The normalized spacial score (nSPS) is 11.6. The quantitative estimate of drug-likeness (QED) is 0.789. The topological polar surface area (TPSA) is 70.5 Å². The standard InChI is InChI=1S/C17H22N2O3S/c1-17(2,16(21)22)19(3)15(20)11-7-6-10-14-18-12-8-4-5-9-13(12)23-14/h4-5,8-9H,6-7,10-11H2,1-3H3,(H,21,22). The second kappa shape index (κ2) is 7.08. The van der Waals surface area contributed by atoms with Crippen LogP contribution in [-0.4, -0.2) is 39.5 Å². The van der Waals surface area contributed by atoms with Crippen molar-refractivity contribution in [2.45, 2.75) is 45.1 Å². The molecular weight excluding hydrogens is 312 g/mol. The Kier molecular flexibility index (Phi) is 5.36. The Balaban J connectivity index is 1.81. The minimum atomic E-state index is -1.18. The molecule has 1 heterocycles. The summed E-state index contributed by atoms with van der Waals surface area (Å²) in [5.74, 6) is -1.13. The van der Waals surface area contributed by atoms with Crippen molar-refractivity contribution in [1.82, 2.24) is 9.88 Å². The maximum atomic E-state index is 12.1. The summed E-state index contributed by atoms with van der Waals surface area (Å²) in [6.07, 6.45) is 2.80. The van der Waals surface area contributed by atoms with Gasteiger partial charge >= 0.3 is 5.97 Å². The second-order valence-electron chi connectivity index (χ2n) is 6.10. The Hall–Kier alpha value is -1.95. The highest BCUT2D eigenvalue weighted by Gasteiger charge is 2.34. The lowest BCUT2D eigenvalue weighted by molar-refractivity contribution is -0.155. The number of thiazole rings is 1. The van der Waals surface area contributed by atoms with Crippen molar-refractivity contribution >= 4 is 33.4 Å². The number of carboxylic acid groups (broad SMARTS) is 1. The number of unbranched alkanes of at least 4 members (excludes halogenated alkanes) is 1. The summed E-state index contributed by atoms with van der Waals surface area (Å²) < 4.78 is 1.18. The van der Waals surface area contributed by atoms with Crippen LogP contribution in [0.25, 0.3) is 10.2 Å². The van der Waals surface area contributed by atoms with Crippen LogP contribution in [0.1, 0.15) is 38.1 Å². The molecule has 0 saturated carbocycles. The molecule has 0 radical (unpaired) electrons. The molecular formula is C17H22N2O3S. The molecule has 1 aromatic carbocycles. The summed E-state index contributed by atoms with van der Waals surface area (Å²) in [6, 6.07) is 8.04. The lowest BCUT2D eigenvalue weighted by Crippen LogP contribution is -2.50. The maximum absolute atomic E-state index is 12.1. The molecule has 1 aromatic heterocycles. The van der Waals surface area contributed by atoms with Gasteiger partial charge in [-0.05, 0) is 45.2 Å². The minimum absolute atomic E-state index is 0.137. The first-order chi connectivity index (χ1) is 10.8. The lowest BCUT2D eigenvalue weighted by Gasteiger charge is -2.31. The van der Waals surface area contributed by atoms with Gasteiger partial charge in [0.15, 0.2) is 0 Å². The molecule has 0 saturated heterocycles. The van der Waals surface area contributed by atoms with Crippen LogP contribution in [0.15, 0.2) is 24.3 Å². The van der Waals surface area contributed by atoms with E-state index in [-0.39, 0.29) is 5.91 Å². The number of carbonyl (C=O) groups excluding carboxylic acids is 1. The highest BCUT2D eigenvalue weighted by Crippen LogP contribution is 2.23. The van der Waals surface area contributed by atoms with Crippen LogP contribution in [0.4, 0.5) is 0 Å². The average molecular weight is 334 g/mol. The zero-order valence-corrected chi connectivity index (χ0v) is 14.5. The van der Waals surface area contributed by atoms with E-state index >= 15 is 0 Å². The van der Waals surface area contributed by atoms with Gasteiger partial charge in [-0.15, -0.1) is 11.3 Å². The molecule has 0 atom stereocenters. The number of hydrogen-bond acceptors (Lipinski definition) is 4. The molecule has 0 aliphatic rings. The van der Waals surface area contributed by atoms with E-state index in [0.717, 1.165) is 29.8 Å². The lowest BCUT2D eigenvalue weighted by atomic mass is 10.0. The average Bonchev–Trinajstić information content (AvgIpc) is 2.93. The third-order valence-corrected chi connectivity index (χ3v) is 5.20. The molecule has 0 aliphatic heterocycles. The van der Waals surface area contributed by atoms with Crippen molar-refractivity contribution in [3.8, 4) is 0 Å². The number of rotatable bonds is 7. The van der Waals surface area contributed by atoms with Gasteiger partial charge in [-0.1, -0.05) is 12.1 Å². The number of aromatic nitrogens is 1. The van der Waals surface area contributed by atoms with Gasteiger partial charge in [-0.2, -0.15) is 0 Å². The molecule has 2 aromatic rings. The fourth-order valence-electron chi connectivity index (χ4n) is 2.20. The SMILES string of the molecule is CN(C(=O)CCCCc1nc2ccccc2s1)C(C)(C)C(=O)O. The molecule has 2 rings (SSSR count). The highest BCUT2D eigenvalue weighted by atomic mass is 32.1. The number of para-hydroxylation sites is 1. The van der Waals surface area contributed by atoms with E-state index in [2.05, 4.69) is 11.1 Å². The van der Waals surface area contributed by atoms with Gasteiger partial charge in [0, 0.05) is 13.5 Å².